The standard InChI is InChI=1S/C15H21N3OS/c1-4-10-20-11-9-16-13-7-8-17-14(12-13)15(19)18(5-2)6-3/h1,7-8,12H,5-6,9-11H2,2-3H3,(H,16,17). The summed E-state index contributed by atoms with van der Waals surface area (Å²) in [5.41, 5.74) is 1.40. The van der Waals surface area contributed by atoms with Gasteiger partial charge < -0.3 is 10.2 Å². The molecular formula is C15H21N3OS. The second-order valence-electron chi connectivity index (χ2n) is 4.09. The van der Waals surface area contributed by atoms with E-state index in [9.17, 15) is 4.79 Å². The lowest BCUT2D eigenvalue weighted by Crippen LogP contribution is -2.31. The van der Waals surface area contributed by atoms with Crippen molar-refractivity contribution in [1.29, 1.82) is 0 Å². The van der Waals surface area contributed by atoms with Gasteiger partial charge in [0.25, 0.3) is 5.91 Å². The molecule has 0 spiro atoms. The minimum atomic E-state index is -0.0274. The summed E-state index contributed by atoms with van der Waals surface area (Å²) in [5, 5.41) is 3.27. The quantitative estimate of drug-likeness (QED) is 0.590. The smallest absolute Gasteiger partial charge is 0.272 e. The third-order valence-electron chi connectivity index (χ3n) is 2.79. The lowest BCUT2D eigenvalue weighted by Gasteiger charge is -2.18. The highest BCUT2D eigenvalue weighted by Gasteiger charge is 2.13. The van der Waals surface area contributed by atoms with E-state index in [1.807, 2.05) is 19.9 Å². The zero-order valence-corrected chi connectivity index (χ0v) is 12.9. The van der Waals surface area contributed by atoms with Crippen LogP contribution in [-0.4, -0.2) is 46.9 Å². The van der Waals surface area contributed by atoms with Gasteiger partial charge in [-0.1, -0.05) is 5.92 Å². The summed E-state index contributed by atoms with van der Waals surface area (Å²) in [6.07, 6.45) is 6.85. The molecule has 108 valence electrons. The van der Waals surface area contributed by atoms with Gasteiger partial charge in [0.1, 0.15) is 5.69 Å². The molecule has 0 aliphatic heterocycles. The van der Waals surface area contributed by atoms with Gasteiger partial charge in [-0.2, -0.15) is 0 Å². The number of rotatable bonds is 8. The Balaban J connectivity index is 2.57. The second kappa shape index (κ2) is 9.27. The molecule has 1 aromatic rings. The van der Waals surface area contributed by atoms with Crippen LogP contribution in [0.1, 0.15) is 24.3 Å². The highest BCUT2D eigenvalue weighted by atomic mass is 32.2. The maximum Gasteiger partial charge on any atom is 0.272 e. The van der Waals surface area contributed by atoms with Crippen molar-refractivity contribution in [3.63, 3.8) is 0 Å². The Morgan fingerprint density at radius 3 is 2.90 bits per heavy atom. The number of amides is 1. The lowest BCUT2D eigenvalue weighted by molar-refractivity contribution is 0.0767. The topological polar surface area (TPSA) is 45.2 Å². The molecule has 0 saturated carbocycles. The molecule has 0 aliphatic rings. The molecular weight excluding hydrogens is 270 g/mol. The first-order chi connectivity index (χ1) is 9.72. The van der Waals surface area contributed by atoms with Crippen LogP contribution in [0.4, 0.5) is 5.69 Å². The highest BCUT2D eigenvalue weighted by molar-refractivity contribution is 7.99. The summed E-state index contributed by atoms with van der Waals surface area (Å²) < 4.78 is 0. The number of hydrogen-bond acceptors (Lipinski definition) is 4. The Hall–Kier alpha value is -1.67. The van der Waals surface area contributed by atoms with Crippen LogP contribution < -0.4 is 5.32 Å². The molecule has 5 heteroatoms. The van der Waals surface area contributed by atoms with E-state index in [1.54, 1.807) is 28.9 Å². The largest absolute Gasteiger partial charge is 0.384 e. The van der Waals surface area contributed by atoms with E-state index in [4.69, 9.17) is 6.42 Å². The summed E-state index contributed by atoms with van der Waals surface area (Å²) in [5.74, 6) is 4.23. The van der Waals surface area contributed by atoms with Crippen molar-refractivity contribution in [2.45, 2.75) is 13.8 Å². The molecule has 0 fully saturated rings. The molecule has 1 aromatic heterocycles. The third kappa shape index (κ3) is 5.14. The molecule has 0 bridgehead atoms. The number of carbonyl (C=O) groups is 1. The van der Waals surface area contributed by atoms with Gasteiger partial charge in [-0.15, -0.1) is 18.2 Å². The van der Waals surface area contributed by atoms with Crippen molar-refractivity contribution in [2.24, 2.45) is 0 Å². The van der Waals surface area contributed by atoms with Crippen molar-refractivity contribution in [1.82, 2.24) is 9.88 Å². The minimum absolute atomic E-state index is 0.0274. The number of pyridine rings is 1. The van der Waals surface area contributed by atoms with Crippen LogP contribution in [0.15, 0.2) is 18.3 Å². The van der Waals surface area contributed by atoms with E-state index < -0.39 is 0 Å². The molecule has 0 aliphatic carbocycles. The van der Waals surface area contributed by atoms with Crippen molar-refractivity contribution in [3.8, 4) is 12.3 Å². The highest BCUT2D eigenvalue weighted by Crippen LogP contribution is 2.10. The fourth-order valence-corrected chi connectivity index (χ4v) is 2.24. The first-order valence-electron chi connectivity index (χ1n) is 6.73. The van der Waals surface area contributed by atoms with E-state index in [2.05, 4.69) is 16.2 Å². The van der Waals surface area contributed by atoms with Gasteiger partial charge >= 0.3 is 0 Å². The minimum Gasteiger partial charge on any atom is -0.384 e. The van der Waals surface area contributed by atoms with Crippen molar-refractivity contribution in [3.05, 3.63) is 24.0 Å². The number of nitrogens with zero attached hydrogens (tertiary/aromatic N) is 2. The summed E-state index contributed by atoms with van der Waals surface area (Å²) in [4.78, 5) is 18.1. The molecule has 1 rings (SSSR count). The molecule has 0 saturated heterocycles. The zero-order chi connectivity index (χ0) is 14.8. The van der Waals surface area contributed by atoms with Crippen molar-refractivity contribution >= 4 is 23.4 Å². The van der Waals surface area contributed by atoms with E-state index in [1.165, 1.54) is 0 Å². The first-order valence-corrected chi connectivity index (χ1v) is 7.88. The molecule has 0 atom stereocenters. The average Bonchev–Trinajstić information content (AvgIpc) is 2.48. The average molecular weight is 291 g/mol. The zero-order valence-electron chi connectivity index (χ0n) is 12.1. The van der Waals surface area contributed by atoms with E-state index in [0.717, 1.165) is 23.7 Å². The van der Waals surface area contributed by atoms with Gasteiger partial charge in [-0.05, 0) is 26.0 Å². The Bertz CT molecular complexity index is 466. The maximum atomic E-state index is 12.2. The van der Waals surface area contributed by atoms with Crippen LogP contribution >= 0.6 is 11.8 Å². The van der Waals surface area contributed by atoms with Gasteiger partial charge in [0.2, 0.25) is 0 Å². The molecule has 0 radical (unpaired) electrons. The SMILES string of the molecule is C#CCSCCNc1ccnc(C(=O)N(CC)CC)c1. The normalized spacial score (nSPS) is 9.85. The second-order valence-corrected chi connectivity index (χ2v) is 5.20. The predicted molar refractivity (Wildman–Crippen MR) is 86.1 cm³/mol. The number of hydrogen-bond donors (Lipinski definition) is 1. The third-order valence-corrected chi connectivity index (χ3v) is 3.65. The number of anilines is 1. The van der Waals surface area contributed by atoms with E-state index >= 15 is 0 Å². The fourth-order valence-electron chi connectivity index (χ4n) is 1.73. The Morgan fingerprint density at radius 2 is 2.25 bits per heavy atom. The van der Waals surface area contributed by atoms with Gasteiger partial charge in [-0.25, -0.2) is 0 Å². The molecule has 4 nitrogen and oxygen atoms in total. The number of nitrogens with one attached hydrogen (secondary N) is 1. The van der Waals surface area contributed by atoms with Crippen LogP contribution in [0.2, 0.25) is 0 Å². The molecule has 1 N–H and O–H groups in total. The van der Waals surface area contributed by atoms with E-state index in [0.29, 0.717) is 18.8 Å². The molecule has 1 amide bonds. The van der Waals surface area contributed by atoms with E-state index in [-0.39, 0.29) is 5.91 Å². The Labute approximate surface area is 125 Å². The van der Waals surface area contributed by atoms with Crippen molar-refractivity contribution in [2.75, 3.05) is 36.5 Å². The van der Waals surface area contributed by atoms with Crippen LogP contribution in [0, 0.1) is 12.3 Å². The molecule has 0 aromatic carbocycles. The maximum absolute atomic E-state index is 12.2. The lowest BCUT2D eigenvalue weighted by atomic mass is 10.2. The van der Waals surface area contributed by atoms with Crippen molar-refractivity contribution < 1.29 is 4.79 Å². The molecule has 1 heterocycles. The Kier molecular flexibility index (Phi) is 7.59. The summed E-state index contributed by atoms with van der Waals surface area (Å²) in [7, 11) is 0. The van der Waals surface area contributed by atoms with Gasteiger partial charge in [0.05, 0.1) is 5.75 Å². The number of thioether (sulfide) groups is 1. The summed E-state index contributed by atoms with van der Waals surface area (Å²) in [6.45, 7) is 6.13. The first kappa shape index (κ1) is 16.4. The Morgan fingerprint density at radius 1 is 1.50 bits per heavy atom. The monoisotopic (exact) mass is 291 g/mol. The molecule has 0 unspecified atom stereocenters. The predicted octanol–water partition coefficient (Wildman–Crippen LogP) is 2.34. The number of terminal acetylenes is 1. The molecule has 20 heavy (non-hydrogen) atoms. The van der Waals surface area contributed by atoms with Crippen LogP contribution in [-0.2, 0) is 0 Å². The number of carbonyl (C=O) groups excluding carboxylic acids is 1. The van der Waals surface area contributed by atoms with Gasteiger partial charge in [-0.3, -0.25) is 9.78 Å². The number of aromatic nitrogens is 1. The van der Waals surface area contributed by atoms with Gasteiger partial charge in [0.15, 0.2) is 0 Å². The summed E-state index contributed by atoms with van der Waals surface area (Å²) in [6, 6.07) is 3.66. The summed E-state index contributed by atoms with van der Waals surface area (Å²) >= 11 is 1.71. The van der Waals surface area contributed by atoms with Crippen LogP contribution in [0.25, 0.3) is 0 Å². The van der Waals surface area contributed by atoms with Gasteiger partial charge in [0, 0.05) is 37.3 Å². The van der Waals surface area contributed by atoms with Crippen LogP contribution in [0.5, 0.6) is 0 Å². The van der Waals surface area contributed by atoms with Crippen LogP contribution in [0.3, 0.4) is 0 Å². The fraction of sp³-hybridized carbons (Fsp3) is 0.467.